The number of rotatable bonds is 2. The lowest BCUT2D eigenvalue weighted by molar-refractivity contribution is -0.137. The van der Waals surface area contributed by atoms with Gasteiger partial charge in [0.25, 0.3) is 0 Å². The predicted molar refractivity (Wildman–Crippen MR) is 69.0 cm³/mol. The van der Waals surface area contributed by atoms with Crippen LogP contribution < -0.4 is 0 Å². The summed E-state index contributed by atoms with van der Waals surface area (Å²) >= 11 is 3.05. The van der Waals surface area contributed by atoms with E-state index in [1.807, 2.05) is 0 Å². The second kappa shape index (κ2) is 5.36. The minimum atomic E-state index is -4.45. The molecule has 6 heteroatoms. The molecule has 0 unspecified atom stereocenters. The summed E-state index contributed by atoms with van der Waals surface area (Å²) in [6.07, 6.45) is -4.45. The molecule has 0 spiro atoms. The van der Waals surface area contributed by atoms with Gasteiger partial charge in [0.1, 0.15) is 5.82 Å². The molecule has 0 saturated heterocycles. The fourth-order valence-corrected chi connectivity index (χ4v) is 2.13. The van der Waals surface area contributed by atoms with Crippen LogP contribution in [0.25, 0.3) is 0 Å². The van der Waals surface area contributed by atoms with Gasteiger partial charge in [0, 0.05) is 15.6 Å². The maximum absolute atomic E-state index is 13.2. The molecule has 2 aromatic rings. The van der Waals surface area contributed by atoms with Gasteiger partial charge >= 0.3 is 6.18 Å². The van der Waals surface area contributed by atoms with E-state index >= 15 is 0 Å². The lowest BCUT2D eigenvalue weighted by Crippen LogP contribution is -2.06. The number of hydrogen-bond acceptors (Lipinski definition) is 1. The molecule has 0 aliphatic heterocycles. The second-order valence-electron chi connectivity index (χ2n) is 4.06. The Kier molecular flexibility index (Phi) is 3.94. The third-order valence-electron chi connectivity index (χ3n) is 2.60. The standard InChI is InChI=1S/C14H7BrF4O/c15-11-5-9(6-12(16)7-11)13(20)8-1-3-10(4-2-8)14(17,18)19/h1-7H. The van der Waals surface area contributed by atoms with Crippen LogP contribution >= 0.6 is 15.9 Å². The van der Waals surface area contributed by atoms with E-state index in [-0.39, 0.29) is 11.1 Å². The van der Waals surface area contributed by atoms with Crippen molar-refractivity contribution < 1.29 is 22.4 Å². The van der Waals surface area contributed by atoms with Crippen molar-refractivity contribution in [3.05, 3.63) is 69.4 Å². The van der Waals surface area contributed by atoms with Gasteiger partial charge in [-0.1, -0.05) is 28.1 Å². The minimum absolute atomic E-state index is 0.0653. The molecule has 0 heterocycles. The van der Waals surface area contributed by atoms with Gasteiger partial charge in [-0.2, -0.15) is 13.2 Å². The van der Waals surface area contributed by atoms with E-state index in [2.05, 4.69) is 15.9 Å². The van der Waals surface area contributed by atoms with E-state index in [0.717, 1.165) is 30.3 Å². The van der Waals surface area contributed by atoms with Crippen LogP contribution in [0.4, 0.5) is 17.6 Å². The first-order valence-electron chi connectivity index (χ1n) is 5.45. The van der Waals surface area contributed by atoms with Crippen molar-refractivity contribution in [1.29, 1.82) is 0 Å². The number of carbonyl (C=O) groups excluding carboxylic acids is 1. The Morgan fingerprint density at radius 1 is 0.950 bits per heavy atom. The lowest BCUT2D eigenvalue weighted by Gasteiger charge is -2.07. The number of hydrogen-bond donors (Lipinski definition) is 0. The first kappa shape index (κ1) is 14.7. The monoisotopic (exact) mass is 346 g/mol. The van der Waals surface area contributed by atoms with Gasteiger partial charge in [0.05, 0.1) is 5.56 Å². The maximum Gasteiger partial charge on any atom is 0.416 e. The van der Waals surface area contributed by atoms with Crippen LogP contribution in [0.3, 0.4) is 0 Å². The number of benzene rings is 2. The van der Waals surface area contributed by atoms with Crippen LogP contribution in [0, 0.1) is 5.82 Å². The van der Waals surface area contributed by atoms with Gasteiger partial charge in [0.15, 0.2) is 5.78 Å². The zero-order chi connectivity index (χ0) is 14.9. The van der Waals surface area contributed by atoms with Gasteiger partial charge in [-0.05, 0) is 30.3 Å². The normalized spacial score (nSPS) is 11.4. The third-order valence-corrected chi connectivity index (χ3v) is 3.06. The number of carbonyl (C=O) groups is 1. The molecule has 0 amide bonds. The van der Waals surface area contributed by atoms with Crippen molar-refractivity contribution in [2.24, 2.45) is 0 Å². The molecule has 0 fully saturated rings. The summed E-state index contributed by atoms with van der Waals surface area (Å²) in [6.45, 7) is 0. The van der Waals surface area contributed by atoms with Crippen LogP contribution in [-0.2, 0) is 6.18 Å². The first-order chi connectivity index (χ1) is 9.27. The molecule has 0 bridgehead atoms. The quantitative estimate of drug-likeness (QED) is 0.561. The highest BCUT2D eigenvalue weighted by atomic mass is 79.9. The smallest absolute Gasteiger partial charge is 0.289 e. The molecule has 0 saturated carbocycles. The van der Waals surface area contributed by atoms with Crippen LogP contribution in [0.5, 0.6) is 0 Å². The molecule has 1 nitrogen and oxygen atoms in total. The summed E-state index contributed by atoms with van der Waals surface area (Å²) in [5.74, 6) is -1.14. The molecule has 0 radical (unpaired) electrons. The largest absolute Gasteiger partial charge is 0.416 e. The van der Waals surface area contributed by atoms with Gasteiger partial charge in [0.2, 0.25) is 0 Å². The molecule has 104 valence electrons. The van der Waals surface area contributed by atoms with Gasteiger partial charge in [-0.3, -0.25) is 4.79 Å². The van der Waals surface area contributed by atoms with Gasteiger partial charge in [-0.25, -0.2) is 4.39 Å². The van der Waals surface area contributed by atoms with Crippen LogP contribution in [-0.4, -0.2) is 5.78 Å². The lowest BCUT2D eigenvalue weighted by atomic mass is 10.0. The van der Waals surface area contributed by atoms with Crippen molar-refractivity contribution in [3.63, 3.8) is 0 Å². The Bertz CT molecular complexity index is 627. The molecular weight excluding hydrogens is 340 g/mol. The molecule has 2 aromatic carbocycles. The average Bonchev–Trinajstić information content (AvgIpc) is 2.36. The average molecular weight is 347 g/mol. The Morgan fingerprint density at radius 2 is 1.55 bits per heavy atom. The molecule has 0 aliphatic carbocycles. The first-order valence-corrected chi connectivity index (χ1v) is 6.25. The summed E-state index contributed by atoms with van der Waals surface area (Å²) in [5.41, 5.74) is -0.707. The molecule has 0 aliphatic rings. The van der Waals surface area contributed by atoms with E-state index in [1.165, 1.54) is 12.1 Å². The summed E-state index contributed by atoms with van der Waals surface area (Å²) in [4.78, 5) is 12.0. The highest BCUT2D eigenvalue weighted by molar-refractivity contribution is 9.10. The SMILES string of the molecule is O=C(c1ccc(C(F)(F)F)cc1)c1cc(F)cc(Br)c1. The molecular formula is C14H7BrF4O. The Hall–Kier alpha value is -1.69. The fourth-order valence-electron chi connectivity index (χ4n) is 1.66. The molecule has 0 N–H and O–H groups in total. The third kappa shape index (κ3) is 3.25. The highest BCUT2D eigenvalue weighted by Crippen LogP contribution is 2.29. The number of ketones is 1. The number of halogens is 5. The van der Waals surface area contributed by atoms with Gasteiger partial charge in [-0.15, -0.1) is 0 Å². The van der Waals surface area contributed by atoms with Crippen molar-refractivity contribution >= 4 is 21.7 Å². The Labute approximate surface area is 120 Å². The predicted octanol–water partition coefficient (Wildman–Crippen LogP) is 4.84. The maximum atomic E-state index is 13.2. The zero-order valence-corrected chi connectivity index (χ0v) is 11.4. The molecule has 20 heavy (non-hydrogen) atoms. The Morgan fingerprint density at radius 3 is 2.05 bits per heavy atom. The fraction of sp³-hybridized carbons (Fsp3) is 0.0714. The van der Waals surface area contributed by atoms with E-state index in [4.69, 9.17) is 0 Å². The highest BCUT2D eigenvalue weighted by Gasteiger charge is 2.30. The van der Waals surface area contributed by atoms with Crippen molar-refractivity contribution in [2.45, 2.75) is 6.18 Å². The van der Waals surface area contributed by atoms with Crippen LogP contribution in [0.2, 0.25) is 0 Å². The zero-order valence-electron chi connectivity index (χ0n) is 9.84. The molecule has 0 aromatic heterocycles. The topological polar surface area (TPSA) is 17.1 Å². The summed E-state index contributed by atoms with van der Waals surface area (Å²) in [5, 5.41) is 0. The summed E-state index contributed by atoms with van der Waals surface area (Å²) in [7, 11) is 0. The van der Waals surface area contributed by atoms with E-state index in [1.54, 1.807) is 0 Å². The van der Waals surface area contributed by atoms with E-state index in [9.17, 15) is 22.4 Å². The molecule has 0 atom stereocenters. The van der Waals surface area contributed by atoms with E-state index in [0.29, 0.717) is 4.47 Å². The Balaban J connectivity index is 2.34. The second-order valence-corrected chi connectivity index (χ2v) is 4.98. The summed E-state index contributed by atoms with van der Waals surface area (Å²) in [6, 6.07) is 7.41. The summed E-state index contributed by atoms with van der Waals surface area (Å²) < 4.78 is 50.8. The molecule has 2 rings (SSSR count). The van der Waals surface area contributed by atoms with Crippen LogP contribution in [0.15, 0.2) is 46.9 Å². The van der Waals surface area contributed by atoms with Crippen LogP contribution in [0.1, 0.15) is 21.5 Å². The van der Waals surface area contributed by atoms with E-state index < -0.39 is 23.3 Å². The van der Waals surface area contributed by atoms with Gasteiger partial charge < -0.3 is 0 Å². The van der Waals surface area contributed by atoms with Crippen molar-refractivity contribution in [3.8, 4) is 0 Å². The van der Waals surface area contributed by atoms with Crippen molar-refractivity contribution in [2.75, 3.05) is 0 Å². The minimum Gasteiger partial charge on any atom is -0.289 e. The van der Waals surface area contributed by atoms with Crippen molar-refractivity contribution in [1.82, 2.24) is 0 Å². The number of alkyl halides is 3.